The summed E-state index contributed by atoms with van der Waals surface area (Å²) in [6.07, 6.45) is 1.23. The van der Waals surface area contributed by atoms with E-state index in [0.29, 0.717) is 5.69 Å². The Morgan fingerprint density at radius 3 is 3.00 bits per heavy atom. The summed E-state index contributed by atoms with van der Waals surface area (Å²) in [6.45, 7) is 0. The number of amidine groups is 1. The molecule has 0 radical (unpaired) electrons. The van der Waals surface area contributed by atoms with Gasteiger partial charge >= 0.3 is 5.63 Å². The predicted octanol–water partition coefficient (Wildman–Crippen LogP) is 1.06. The molecule has 2 rings (SSSR count). The maximum atomic E-state index is 10.9. The van der Waals surface area contributed by atoms with Crippen LogP contribution in [0.5, 0.6) is 0 Å². The second-order valence-corrected chi connectivity index (χ2v) is 2.02. The van der Waals surface area contributed by atoms with Crippen molar-refractivity contribution in [2.75, 3.05) is 0 Å². The Morgan fingerprint density at radius 2 is 2.27 bits per heavy atom. The molecule has 0 unspecified atom stereocenters. The quantitative estimate of drug-likeness (QED) is 0.598. The highest BCUT2D eigenvalue weighted by Crippen LogP contribution is 2.22. The van der Waals surface area contributed by atoms with E-state index in [9.17, 15) is 4.79 Å². The van der Waals surface area contributed by atoms with Gasteiger partial charge in [0.15, 0.2) is 5.84 Å². The van der Waals surface area contributed by atoms with Gasteiger partial charge in [-0.2, -0.15) is 0 Å². The molecule has 1 aromatic rings. The van der Waals surface area contributed by atoms with Gasteiger partial charge in [-0.05, 0) is 0 Å². The summed E-state index contributed by atoms with van der Waals surface area (Å²) in [5.74, 6) is -0.130. The van der Waals surface area contributed by atoms with Gasteiger partial charge in [-0.15, -0.1) is 10.2 Å². The summed E-state index contributed by atoms with van der Waals surface area (Å²) in [4.78, 5) is 10.9. The van der Waals surface area contributed by atoms with Crippen molar-refractivity contribution in [3.05, 3.63) is 28.3 Å². The van der Waals surface area contributed by atoms with E-state index in [0.717, 1.165) is 0 Å². The molecule has 0 aromatic carbocycles. The van der Waals surface area contributed by atoms with Crippen LogP contribution in [-0.4, -0.2) is 5.84 Å². The zero-order valence-corrected chi connectivity index (χ0v) is 5.37. The van der Waals surface area contributed by atoms with Crippen LogP contribution in [-0.2, 0) is 0 Å². The van der Waals surface area contributed by atoms with Gasteiger partial charge in [-0.3, -0.25) is 5.41 Å². The minimum absolute atomic E-state index is 0.130. The lowest BCUT2D eigenvalue weighted by atomic mass is 10.2. The van der Waals surface area contributed by atoms with Gasteiger partial charge in [-0.1, -0.05) is 0 Å². The zero-order chi connectivity index (χ0) is 7.84. The maximum absolute atomic E-state index is 10.9. The predicted molar refractivity (Wildman–Crippen MR) is 36.3 cm³/mol. The van der Waals surface area contributed by atoms with Gasteiger partial charge < -0.3 is 4.42 Å². The van der Waals surface area contributed by atoms with Crippen LogP contribution < -0.4 is 5.63 Å². The van der Waals surface area contributed by atoms with Crippen LogP contribution in [0.4, 0.5) is 5.69 Å². The van der Waals surface area contributed by atoms with Crippen LogP contribution in [0.2, 0.25) is 0 Å². The molecule has 0 atom stereocenters. The number of azo groups is 1. The first-order valence-electron chi connectivity index (χ1n) is 2.91. The van der Waals surface area contributed by atoms with Gasteiger partial charge in [0.05, 0.1) is 6.26 Å². The minimum atomic E-state index is -0.558. The molecule has 2 heterocycles. The SMILES string of the molecule is N=C1N=Nc2ccoc(=O)c21. The lowest BCUT2D eigenvalue weighted by Gasteiger charge is -1.88. The third kappa shape index (κ3) is 0.706. The maximum Gasteiger partial charge on any atom is 0.349 e. The van der Waals surface area contributed by atoms with Gasteiger partial charge in [0, 0.05) is 6.07 Å². The topological polar surface area (TPSA) is 78.8 Å². The normalized spacial score (nSPS) is 13.6. The van der Waals surface area contributed by atoms with Crippen molar-refractivity contribution in [3.8, 4) is 0 Å². The standard InChI is InChI=1S/C6H3N3O2/c7-5-4-3(8-9-5)1-2-11-6(4)10/h1-2,7H. The number of rotatable bonds is 0. The Labute approximate surface area is 60.9 Å². The highest BCUT2D eigenvalue weighted by atomic mass is 16.4. The molecule has 1 aliphatic rings. The lowest BCUT2D eigenvalue weighted by Crippen LogP contribution is -2.08. The number of nitrogens with one attached hydrogen (secondary N) is 1. The van der Waals surface area contributed by atoms with Crippen molar-refractivity contribution >= 4 is 11.5 Å². The minimum Gasteiger partial charge on any atom is -0.431 e. The Bertz CT molecular complexity index is 405. The first kappa shape index (κ1) is 5.96. The van der Waals surface area contributed by atoms with Crippen LogP contribution in [0, 0.1) is 5.41 Å². The second kappa shape index (κ2) is 1.85. The third-order valence-electron chi connectivity index (χ3n) is 1.36. The van der Waals surface area contributed by atoms with E-state index in [2.05, 4.69) is 14.6 Å². The fourth-order valence-corrected chi connectivity index (χ4v) is 0.862. The summed E-state index contributed by atoms with van der Waals surface area (Å²) in [7, 11) is 0. The largest absolute Gasteiger partial charge is 0.431 e. The molecule has 0 spiro atoms. The van der Waals surface area contributed by atoms with Gasteiger partial charge in [0.2, 0.25) is 0 Å². The molecule has 0 amide bonds. The molecule has 54 valence electrons. The molecular formula is C6H3N3O2. The first-order valence-corrected chi connectivity index (χ1v) is 2.91. The Kier molecular flexibility index (Phi) is 1.00. The molecule has 5 heteroatoms. The van der Waals surface area contributed by atoms with Crippen molar-refractivity contribution in [2.45, 2.75) is 0 Å². The van der Waals surface area contributed by atoms with E-state index in [1.807, 2.05) is 0 Å². The fourth-order valence-electron chi connectivity index (χ4n) is 0.862. The molecule has 5 nitrogen and oxygen atoms in total. The number of hydrogen-bond donors (Lipinski definition) is 1. The molecule has 1 N–H and O–H groups in total. The van der Waals surface area contributed by atoms with E-state index in [1.165, 1.54) is 12.3 Å². The van der Waals surface area contributed by atoms with Crippen LogP contribution in [0.1, 0.15) is 5.56 Å². The molecule has 0 fully saturated rings. The zero-order valence-electron chi connectivity index (χ0n) is 5.37. The summed E-state index contributed by atoms with van der Waals surface area (Å²) in [5, 5.41) is 14.1. The molecule has 1 aromatic heterocycles. The van der Waals surface area contributed by atoms with Crippen molar-refractivity contribution in [1.82, 2.24) is 0 Å². The third-order valence-corrected chi connectivity index (χ3v) is 1.36. The summed E-state index contributed by atoms with van der Waals surface area (Å²) in [6, 6.07) is 1.50. The molecule has 0 aliphatic carbocycles. The van der Waals surface area contributed by atoms with Crippen molar-refractivity contribution in [1.29, 1.82) is 5.41 Å². The van der Waals surface area contributed by atoms with E-state index in [1.54, 1.807) is 0 Å². The average Bonchev–Trinajstić information content (AvgIpc) is 2.34. The Balaban J connectivity index is 2.85. The van der Waals surface area contributed by atoms with Crippen LogP contribution in [0.25, 0.3) is 0 Å². The van der Waals surface area contributed by atoms with Gasteiger partial charge in [-0.25, -0.2) is 4.79 Å². The smallest absolute Gasteiger partial charge is 0.349 e. The molecule has 0 saturated heterocycles. The number of nitrogens with zero attached hydrogens (tertiary/aromatic N) is 2. The summed E-state index contributed by atoms with van der Waals surface area (Å²) >= 11 is 0. The van der Waals surface area contributed by atoms with Crippen molar-refractivity contribution in [3.63, 3.8) is 0 Å². The molecular weight excluding hydrogens is 146 g/mol. The Hall–Kier alpha value is -1.78. The molecule has 11 heavy (non-hydrogen) atoms. The molecule has 0 saturated carbocycles. The molecule has 0 bridgehead atoms. The fraction of sp³-hybridized carbons (Fsp3) is 0. The molecule has 1 aliphatic heterocycles. The monoisotopic (exact) mass is 149 g/mol. The average molecular weight is 149 g/mol. The summed E-state index contributed by atoms with van der Waals surface area (Å²) < 4.78 is 4.52. The van der Waals surface area contributed by atoms with E-state index < -0.39 is 5.63 Å². The van der Waals surface area contributed by atoms with Crippen LogP contribution in [0.15, 0.2) is 31.8 Å². The number of fused-ring (bicyclic) bond motifs is 1. The second-order valence-electron chi connectivity index (χ2n) is 2.02. The summed E-state index contributed by atoms with van der Waals surface area (Å²) in [5.41, 5.74) is -0.00347. The van der Waals surface area contributed by atoms with Crippen molar-refractivity contribution in [2.24, 2.45) is 10.2 Å². The van der Waals surface area contributed by atoms with Gasteiger partial charge in [0.1, 0.15) is 11.3 Å². The highest BCUT2D eigenvalue weighted by Gasteiger charge is 2.18. The lowest BCUT2D eigenvalue weighted by molar-refractivity contribution is 0.510. The highest BCUT2D eigenvalue weighted by molar-refractivity contribution is 6.02. The van der Waals surface area contributed by atoms with E-state index >= 15 is 0 Å². The van der Waals surface area contributed by atoms with Crippen molar-refractivity contribution < 1.29 is 4.42 Å². The van der Waals surface area contributed by atoms with Gasteiger partial charge in [0.25, 0.3) is 0 Å². The van der Waals surface area contributed by atoms with Crippen LogP contribution >= 0.6 is 0 Å². The van der Waals surface area contributed by atoms with E-state index in [-0.39, 0.29) is 11.4 Å². The Morgan fingerprint density at radius 1 is 1.45 bits per heavy atom. The first-order chi connectivity index (χ1) is 5.29. The number of hydrogen-bond acceptors (Lipinski definition) is 4. The van der Waals surface area contributed by atoms with E-state index in [4.69, 9.17) is 5.41 Å². The van der Waals surface area contributed by atoms with Crippen LogP contribution in [0.3, 0.4) is 0 Å².